The summed E-state index contributed by atoms with van der Waals surface area (Å²) in [5.41, 5.74) is 5.50. The highest BCUT2D eigenvalue weighted by Gasteiger charge is 2.17. The van der Waals surface area contributed by atoms with E-state index in [1.165, 1.54) is 18.3 Å². The number of pyridine rings is 1. The summed E-state index contributed by atoms with van der Waals surface area (Å²) in [6.45, 7) is 9.41. The Kier molecular flexibility index (Phi) is 5.91. The van der Waals surface area contributed by atoms with Crippen LogP contribution in [0.15, 0.2) is 23.2 Å². The second-order valence-corrected chi connectivity index (χ2v) is 7.01. The number of anilines is 1. The third-order valence-electron chi connectivity index (χ3n) is 3.05. The van der Waals surface area contributed by atoms with Crippen LogP contribution in [-0.4, -0.2) is 43.5 Å². The topological polar surface area (TPSA) is 88.3 Å². The van der Waals surface area contributed by atoms with Crippen molar-refractivity contribution in [3.63, 3.8) is 0 Å². The Morgan fingerprint density at radius 1 is 1.30 bits per heavy atom. The highest BCUT2D eigenvalue weighted by molar-refractivity contribution is 7.89. The lowest BCUT2D eigenvalue weighted by Gasteiger charge is -2.30. The maximum absolute atomic E-state index is 12.1. The minimum Gasteiger partial charge on any atom is -0.384 e. The molecule has 0 bridgehead atoms. The molecule has 0 amide bonds. The van der Waals surface area contributed by atoms with Crippen LogP contribution in [0.5, 0.6) is 0 Å². The average Bonchev–Trinajstić information content (AvgIpc) is 2.33. The first-order chi connectivity index (χ1) is 9.24. The van der Waals surface area contributed by atoms with E-state index in [1.807, 2.05) is 0 Å². The van der Waals surface area contributed by atoms with Gasteiger partial charge in [0.2, 0.25) is 10.0 Å². The number of aromatic nitrogens is 1. The fourth-order valence-corrected chi connectivity index (χ4v) is 3.14. The zero-order valence-electron chi connectivity index (χ0n) is 12.5. The number of rotatable bonds is 7. The predicted molar refractivity (Wildman–Crippen MR) is 80.8 cm³/mol. The van der Waals surface area contributed by atoms with Gasteiger partial charge in [0, 0.05) is 37.4 Å². The van der Waals surface area contributed by atoms with Crippen molar-refractivity contribution in [3.8, 4) is 0 Å². The first-order valence-electron chi connectivity index (χ1n) is 6.71. The maximum atomic E-state index is 12.1. The molecule has 0 aromatic carbocycles. The van der Waals surface area contributed by atoms with Gasteiger partial charge in [-0.15, -0.1) is 0 Å². The molecule has 0 saturated heterocycles. The fraction of sp³-hybridized carbons (Fsp3) is 0.615. The van der Waals surface area contributed by atoms with Crippen molar-refractivity contribution in [2.75, 3.05) is 18.8 Å². The van der Waals surface area contributed by atoms with E-state index in [9.17, 15) is 8.42 Å². The van der Waals surface area contributed by atoms with Crippen molar-refractivity contribution >= 4 is 15.8 Å². The van der Waals surface area contributed by atoms with E-state index in [0.29, 0.717) is 25.2 Å². The molecular formula is C13H24N4O2S. The van der Waals surface area contributed by atoms with E-state index < -0.39 is 10.0 Å². The smallest absolute Gasteiger partial charge is 0.240 e. The Morgan fingerprint density at radius 2 is 1.90 bits per heavy atom. The van der Waals surface area contributed by atoms with Crippen molar-refractivity contribution in [2.24, 2.45) is 0 Å². The molecule has 7 heteroatoms. The first-order valence-corrected chi connectivity index (χ1v) is 8.19. The van der Waals surface area contributed by atoms with Gasteiger partial charge in [0.05, 0.1) is 4.90 Å². The van der Waals surface area contributed by atoms with Crippen LogP contribution < -0.4 is 10.5 Å². The van der Waals surface area contributed by atoms with Crippen LogP contribution in [-0.2, 0) is 10.0 Å². The van der Waals surface area contributed by atoms with Crippen molar-refractivity contribution in [1.82, 2.24) is 14.6 Å². The molecule has 0 aliphatic carbocycles. The summed E-state index contributed by atoms with van der Waals surface area (Å²) in [5, 5.41) is 0. The Labute approximate surface area is 121 Å². The second kappa shape index (κ2) is 7.01. The van der Waals surface area contributed by atoms with Crippen molar-refractivity contribution in [2.45, 2.75) is 44.7 Å². The first kappa shape index (κ1) is 16.9. The van der Waals surface area contributed by atoms with E-state index >= 15 is 0 Å². The van der Waals surface area contributed by atoms with Crippen molar-refractivity contribution in [1.29, 1.82) is 0 Å². The third kappa shape index (κ3) is 4.73. The summed E-state index contributed by atoms with van der Waals surface area (Å²) in [4.78, 5) is 6.16. The number of hydrogen-bond donors (Lipinski definition) is 2. The van der Waals surface area contributed by atoms with E-state index in [2.05, 4.69) is 42.3 Å². The Bertz CT molecular complexity index is 521. The van der Waals surface area contributed by atoms with E-state index in [-0.39, 0.29) is 10.7 Å². The van der Waals surface area contributed by atoms with E-state index in [1.54, 1.807) is 0 Å². The number of nitrogens with one attached hydrogen (secondary N) is 1. The lowest BCUT2D eigenvalue weighted by molar-refractivity contribution is 0.179. The summed E-state index contributed by atoms with van der Waals surface area (Å²) < 4.78 is 26.8. The quantitative estimate of drug-likeness (QED) is 0.786. The lowest BCUT2D eigenvalue weighted by Crippen LogP contribution is -2.42. The van der Waals surface area contributed by atoms with Gasteiger partial charge in [-0.3, -0.25) is 4.90 Å². The standard InChI is InChI=1S/C13H24N4O2S/c1-10(2)17(11(3)4)8-7-16-20(18,19)12-5-6-15-13(14)9-12/h5-6,9-11,16H,7-8H2,1-4H3,(H2,14,15). The molecule has 114 valence electrons. The zero-order chi connectivity index (χ0) is 15.3. The van der Waals surface area contributed by atoms with Gasteiger partial charge in [-0.05, 0) is 33.8 Å². The van der Waals surface area contributed by atoms with Crippen LogP contribution in [0.2, 0.25) is 0 Å². The van der Waals surface area contributed by atoms with Gasteiger partial charge in [0.25, 0.3) is 0 Å². The second-order valence-electron chi connectivity index (χ2n) is 5.24. The van der Waals surface area contributed by atoms with Gasteiger partial charge in [0.15, 0.2) is 0 Å². The molecule has 0 spiro atoms. The third-order valence-corrected chi connectivity index (χ3v) is 4.51. The molecule has 0 fully saturated rings. The molecule has 1 rings (SSSR count). The van der Waals surface area contributed by atoms with Gasteiger partial charge in [0.1, 0.15) is 5.82 Å². The molecule has 3 N–H and O–H groups in total. The number of hydrogen-bond acceptors (Lipinski definition) is 5. The number of nitrogens with zero attached hydrogens (tertiary/aromatic N) is 2. The van der Waals surface area contributed by atoms with Crippen LogP contribution in [0.25, 0.3) is 0 Å². The normalized spacial score (nSPS) is 12.6. The largest absolute Gasteiger partial charge is 0.384 e. The van der Waals surface area contributed by atoms with E-state index in [0.717, 1.165) is 0 Å². The van der Waals surface area contributed by atoms with Crippen LogP contribution >= 0.6 is 0 Å². The molecule has 0 saturated carbocycles. The van der Waals surface area contributed by atoms with Gasteiger partial charge < -0.3 is 5.73 Å². The SMILES string of the molecule is CC(C)N(CCNS(=O)(=O)c1ccnc(N)c1)C(C)C. The van der Waals surface area contributed by atoms with Gasteiger partial charge in [-0.1, -0.05) is 0 Å². The lowest BCUT2D eigenvalue weighted by atomic mass is 10.2. The number of sulfonamides is 1. The minimum atomic E-state index is -3.53. The van der Waals surface area contributed by atoms with Crippen LogP contribution in [0.3, 0.4) is 0 Å². The van der Waals surface area contributed by atoms with Crippen LogP contribution in [0.4, 0.5) is 5.82 Å². The minimum absolute atomic E-state index is 0.144. The molecular weight excluding hydrogens is 276 g/mol. The Morgan fingerprint density at radius 3 is 2.40 bits per heavy atom. The highest BCUT2D eigenvalue weighted by atomic mass is 32.2. The van der Waals surface area contributed by atoms with Gasteiger partial charge in [-0.2, -0.15) is 0 Å². The number of nitrogens with two attached hydrogens (primary N) is 1. The monoisotopic (exact) mass is 300 g/mol. The fourth-order valence-electron chi connectivity index (χ4n) is 2.10. The molecule has 0 aliphatic rings. The highest BCUT2D eigenvalue weighted by Crippen LogP contribution is 2.10. The molecule has 1 aromatic heterocycles. The summed E-state index contributed by atoms with van der Waals surface area (Å²) in [6, 6.07) is 3.53. The molecule has 0 aliphatic heterocycles. The average molecular weight is 300 g/mol. The predicted octanol–water partition coefficient (Wildman–Crippen LogP) is 1.06. The molecule has 20 heavy (non-hydrogen) atoms. The summed E-state index contributed by atoms with van der Waals surface area (Å²) in [6.07, 6.45) is 1.39. The Balaban J connectivity index is 2.65. The Hall–Kier alpha value is -1.18. The van der Waals surface area contributed by atoms with Crippen LogP contribution in [0.1, 0.15) is 27.7 Å². The van der Waals surface area contributed by atoms with Crippen molar-refractivity contribution in [3.05, 3.63) is 18.3 Å². The summed E-state index contributed by atoms with van der Waals surface area (Å²) in [5.74, 6) is 0.193. The number of nitrogen functional groups attached to an aromatic ring is 1. The van der Waals surface area contributed by atoms with Gasteiger partial charge in [-0.25, -0.2) is 18.1 Å². The molecule has 0 unspecified atom stereocenters. The summed E-state index contributed by atoms with van der Waals surface area (Å²) in [7, 11) is -3.53. The zero-order valence-corrected chi connectivity index (χ0v) is 13.3. The summed E-state index contributed by atoms with van der Waals surface area (Å²) >= 11 is 0. The van der Waals surface area contributed by atoms with Crippen LogP contribution in [0, 0.1) is 0 Å². The van der Waals surface area contributed by atoms with E-state index in [4.69, 9.17) is 5.73 Å². The molecule has 1 aromatic rings. The molecule has 1 heterocycles. The molecule has 0 atom stereocenters. The maximum Gasteiger partial charge on any atom is 0.240 e. The van der Waals surface area contributed by atoms with Gasteiger partial charge >= 0.3 is 0 Å². The molecule has 6 nitrogen and oxygen atoms in total. The molecule has 0 radical (unpaired) electrons. The van der Waals surface area contributed by atoms with Crippen molar-refractivity contribution < 1.29 is 8.42 Å².